The number of rotatable bonds is 5. The van der Waals surface area contributed by atoms with Crippen LogP contribution >= 0.6 is 11.3 Å². The Kier molecular flexibility index (Phi) is 5.14. The van der Waals surface area contributed by atoms with Crippen molar-refractivity contribution in [3.8, 4) is 28.4 Å². The summed E-state index contributed by atoms with van der Waals surface area (Å²) in [6.07, 6.45) is 6.07. The van der Waals surface area contributed by atoms with Gasteiger partial charge in [-0.25, -0.2) is 15.0 Å². The van der Waals surface area contributed by atoms with Crippen molar-refractivity contribution in [3.63, 3.8) is 0 Å². The summed E-state index contributed by atoms with van der Waals surface area (Å²) in [4.78, 5) is 26.7. The topological polar surface area (TPSA) is 140 Å². The highest BCUT2D eigenvalue weighted by Crippen LogP contribution is 2.37. The second kappa shape index (κ2) is 8.35. The number of carbonyl (C=O) groups is 1. The number of pyridine rings is 1. The van der Waals surface area contributed by atoms with Gasteiger partial charge < -0.3 is 20.8 Å². The zero-order chi connectivity index (χ0) is 24.1. The number of fused-ring (bicyclic) bond motifs is 1. The van der Waals surface area contributed by atoms with Crippen LogP contribution in [0.1, 0.15) is 32.2 Å². The van der Waals surface area contributed by atoms with E-state index in [1.165, 1.54) is 11.3 Å². The lowest BCUT2D eigenvalue weighted by molar-refractivity contribution is -0.121. The van der Waals surface area contributed by atoms with E-state index in [-0.39, 0.29) is 0 Å². The van der Waals surface area contributed by atoms with E-state index in [4.69, 9.17) is 26.2 Å². The molecule has 1 aliphatic rings. The van der Waals surface area contributed by atoms with Gasteiger partial charge in [0.05, 0.1) is 18.3 Å². The number of aromatic nitrogens is 6. The number of hydrogen-bond donors (Lipinski definition) is 2. The van der Waals surface area contributed by atoms with Gasteiger partial charge in [0.2, 0.25) is 5.91 Å². The Morgan fingerprint density at radius 1 is 1.17 bits per heavy atom. The van der Waals surface area contributed by atoms with E-state index in [0.717, 1.165) is 69.2 Å². The van der Waals surface area contributed by atoms with Crippen LogP contribution in [0.15, 0.2) is 36.7 Å². The molecule has 1 amide bonds. The van der Waals surface area contributed by atoms with E-state index in [2.05, 4.69) is 14.6 Å². The molecule has 4 N–H and O–H groups in total. The molecule has 1 atom stereocenters. The summed E-state index contributed by atoms with van der Waals surface area (Å²) in [7, 11) is 0. The van der Waals surface area contributed by atoms with Crippen LogP contribution in [0.2, 0.25) is 0 Å². The Morgan fingerprint density at radius 3 is 2.89 bits per heavy atom. The minimum Gasteiger partial charge on any atom is -0.491 e. The average molecular weight is 489 g/mol. The highest BCUT2D eigenvalue weighted by atomic mass is 32.1. The minimum absolute atomic E-state index is 0.403. The maximum atomic E-state index is 11.8. The normalized spacial score (nSPS) is 14.5. The third-order valence-corrected chi connectivity index (χ3v) is 7.11. The van der Waals surface area contributed by atoms with E-state index in [9.17, 15) is 4.79 Å². The molecular formula is C24H24N8O2S. The number of nitrogens with two attached hydrogens (primary N) is 2. The van der Waals surface area contributed by atoms with Gasteiger partial charge >= 0.3 is 0 Å². The second-order valence-corrected chi connectivity index (χ2v) is 9.60. The lowest BCUT2D eigenvalue weighted by Crippen LogP contribution is -2.26. The number of primary amides is 1. The van der Waals surface area contributed by atoms with Gasteiger partial charge in [0, 0.05) is 18.3 Å². The summed E-state index contributed by atoms with van der Waals surface area (Å²) in [6, 6.07) is 7.43. The van der Waals surface area contributed by atoms with Gasteiger partial charge in [0.1, 0.15) is 33.3 Å². The van der Waals surface area contributed by atoms with Gasteiger partial charge in [-0.15, -0.1) is 0 Å². The number of benzene rings is 1. The lowest BCUT2D eigenvalue weighted by Gasteiger charge is -2.16. The predicted molar refractivity (Wildman–Crippen MR) is 135 cm³/mol. The first-order chi connectivity index (χ1) is 17.0. The molecule has 0 aliphatic carbocycles. The molecule has 35 heavy (non-hydrogen) atoms. The van der Waals surface area contributed by atoms with Gasteiger partial charge in [0.15, 0.2) is 11.0 Å². The van der Waals surface area contributed by atoms with Gasteiger partial charge in [0.25, 0.3) is 0 Å². The van der Waals surface area contributed by atoms with E-state index < -0.39 is 11.9 Å². The number of nitrogen functional groups attached to an aromatic ring is 1. The Hall–Kier alpha value is -3.99. The number of amides is 1. The van der Waals surface area contributed by atoms with E-state index in [1.807, 2.05) is 37.4 Å². The number of aryl methyl sites for hydroxylation is 1. The Labute approximate surface area is 204 Å². The molecule has 0 fully saturated rings. The third-order valence-electron chi connectivity index (χ3n) is 6.31. The maximum absolute atomic E-state index is 11.8. The quantitative estimate of drug-likeness (QED) is 0.384. The summed E-state index contributed by atoms with van der Waals surface area (Å²) in [5.74, 6) is 1.15. The molecule has 0 saturated heterocycles. The predicted octanol–water partition coefficient (Wildman–Crippen LogP) is 3.76. The monoisotopic (exact) mass is 488 g/mol. The van der Waals surface area contributed by atoms with Crippen molar-refractivity contribution >= 4 is 43.8 Å². The van der Waals surface area contributed by atoms with Crippen LogP contribution in [0, 0.1) is 0 Å². The molecule has 6 rings (SSSR count). The smallest absolute Gasteiger partial charge is 0.242 e. The second-order valence-electron chi connectivity index (χ2n) is 8.59. The third kappa shape index (κ3) is 3.68. The van der Waals surface area contributed by atoms with Crippen molar-refractivity contribution in [1.82, 2.24) is 29.3 Å². The number of nitrogens with zero attached hydrogens (tertiary/aromatic N) is 6. The lowest BCUT2D eigenvalue weighted by atomic mass is 10.1. The van der Waals surface area contributed by atoms with Crippen molar-refractivity contribution in [1.29, 1.82) is 0 Å². The van der Waals surface area contributed by atoms with Gasteiger partial charge in [-0.05, 0) is 49.1 Å². The molecule has 1 aliphatic heterocycles. The molecule has 0 radical (unpaired) electrons. The Bertz CT molecular complexity index is 1580. The summed E-state index contributed by atoms with van der Waals surface area (Å²) < 4.78 is 10.0. The van der Waals surface area contributed by atoms with Crippen molar-refractivity contribution in [2.75, 3.05) is 12.3 Å². The number of imidazole rings is 1. The molecule has 0 saturated carbocycles. The van der Waals surface area contributed by atoms with Crippen LogP contribution in [0.25, 0.3) is 44.0 Å². The van der Waals surface area contributed by atoms with Crippen LogP contribution in [0.3, 0.4) is 0 Å². The minimum atomic E-state index is -0.485. The zero-order valence-corrected chi connectivity index (χ0v) is 20.0. The standard InChI is InChI=1S/C24H24N8O2S/c1-2-18(21(25)33)32-12-14(11-27-32)13-9-17-20-19(10-13)34-8-4-3-7-31(20)22(28-17)15-5-6-16-23(29-15)35-24(26)30-16/h5-6,9-12,18H,2-4,7-8H2,1H3,(H2,25,33)(H2,26,30). The zero-order valence-electron chi connectivity index (χ0n) is 19.1. The molecule has 5 heterocycles. The van der Waals surface area contributed by atoms with Crippen LogP contribution in [-0.2, 0) is 11.3 Å². The molecule has 178 valence electrons. The van der Waals surface area contributed by atoms with Gasteiger partial charge in [-0.1, -0.05) is 18.3 Å². The summed E-state index contributed by atoms with van der Waals surface area (Å²) in [5.41, 5.74) is 16.5. The highest BCUT2D eigenvalue weighted by Gasteiger charge is 2.22. The van der Waals surface area contributed by atoms with E-state index >= 15 is 0 Å². The largest absolute Gasteiger partial charge is 0.491 e. The number of carbonyl (C=O) groups excluding carboxylic acids is 1. The van der Waals surface area contributed by atoms with Crippen molar-refractivity contribution in [2.24, 2.45) is 5.73 Å². The summed E-state index contributed by atoms with van der Waals surface area (Å²) >= 11 is 1.37. The highest BCUT2D eigenvalue weighted by molar-refractivity contribution is 7.21. The Morgan fingerprint density at radius 2 is 2.06 bits per heavy atom. The molecular weight excluding hydrogens is 464 g/mol. The molecule has 1 unspecified atom stereocenters. The SMILES string of the molecule is CCC(C(N)=O)n1cc(-c2cc3c4c(c2)nc(-c2ccc5nc(N)sc5n2)n4CCCCO3)cn1. The first kappa shape index (κ1) is 21.5. The molecule has 0 spiro atoms. The number of hydrogen-bond acceptors (Lipinski definition) is 8. The van der Waals surface area contributed by atoms with Gasteiger partial charge in [-0.2, -0.15) is 5.10 Å². The fourth-order valence-electron chi connectivity index (χ4n) is 4.61. The van der Waals surface area contributed by atoms with Crippen LogP contribution in [0.5, 0.6) is 5.75 Å². The van der Waals surface area contributed by atoms with Crippen molar-refractivity contribution in [3.05, 3.63) is 36.7 Å². The van der Waals surface area contributed by atoms with Gasteiger partial charge in [-0.3, -0.25) is 9.48 Å². The molecule has 11 heteroatoms. The van der Waals surface area contributed by atoms with E-state index in [1.54, 1.807) is 10.9 Å². The maximum Gasteiger partial charge on any atom is 0.242 e. The Balaban J connectivity index is 1.50. The fraction of sp³-hybridized carbons (Fsp3) is 0.292. The molecule has 10 nitrogen and oxygen atoms in total. The molecule has 1 aromatic carbocycles. The van der Waals surface area contributed by atoms with Crippen LogP contribution in [0.4, 0.5) is 5.13 Å². The molecule has 5 aromatic rings. The first-order valence-electron chi connectivity index (χ1n) is 11.6. The first-order valence-corrected chi connectivity index (χ1v) is 12.4. The summed E-state index contributed by atoms with van der Waals surface area (Å²) in [6.45, 7) is 3.37. The van der Waals surface area contributed by atoms with Crippen molar-refractivity contribution < 1.29 is 9.53 Å². The molecule has 0 bridgehead atoms. The average Bonchev–Trinajstić information content (AvgIpc) is 3.52. The van der Waals surface area contributed by atoms with Crippen LogP contribution < -0.4 is 16.2 Å². The number of thiazole rings is 1. The number of ether oxygens (including phenoxy) is 1. The summed E-state index contributed by atoms with van der Waals surface area (Å²) in [5, 5.41) is 4.89. The van der Waals surface area contributed by atoms with E-state index in [0.29, 0.717) is 18.2 Å². The number of anilines is 1. The fourth-order valence-corrected chi connectivity index (χ4v) is 5.31. The van der Waals surface area contributed by atoms with Crippen molar-refractivity contribution in [2.45, 2.75) is 38.8 Å². The molecule has 4 aromatic heterocycles. The van der Waals surface area contributed by atoms with Crippen LogP contribution in [-0.4, -0.2) is 41.8 Å².